The van der Waals surface area contributed by atoms with Crippen molar-refractivity contribution < 1.29 is 18.4 Å². The highest BCUT2D eigenvalue weighted by Crippen LogP contribution is 2.41. The van der Waals surface area contributed by atoms with Crippen molar-refractivity contribution >= 4 is 40.7 Å². The van der Waals surface area contributed by atoms with E-state index in [1.165, 1.54) is 24.5 Å². The van der Waals surface area contributed by atoms with Gasteiger partial charge in [-0.05, 0) is 55.5 Å². The van der Waals surface area contributed by atoms with Crippen LogP contribution in [0, 0.1) is 17.1 Å². The third-order valence-corrected chi connectivity index (χ3v) is 6.62. The molecule has 2 N–H and O–H groups in total. The molecule has 2 heterocycles. The van der Waals surface area contributed by atoms with Gasteiger partial charge in [-0.2, -0.15) is 5.26 Å². The number of Topliss-reactive ketones (excluding diaryl/α,β-unsaturated/α-hetero) is 1. The maximum Gasteiger partial charge on any atom is 0.254 e. The van der Waals surface area contributed by atoms with Gasteiger partial charge in [-0.3, -0.25) is 9.59 Å². The highest BCUT2D eigenvalue weighted by Gasteiger charge is 2.36. The number of para-hydroxylation sites is 1. The number of furan rings is 1. The van der Waals surface area contributed by atoms with Crippen LogP contribution < -0.4 is 10.6 Å². The van der Waals surface area contributed by atoms with E-state index in [4.69, 9.17) is 16.0 Å². The number of rotatable bonds is 7. The Bertz CT molecular complexity index is 1380. The number of amides is 1. The van der Waals surface area contributed by atoms with Crippen molar-refractivity contribution in [1.29, 1.82) is 5.26 Å². The molecule has 3 aromatic rings. The largest absolute Gasteiger partial charge is 0.468 e. The van der Waals surface area contributed by atoms with Crippen molar-refractivity contribution in [2.75, 3.05) is 11.1 Å². The molecule has 2 aromatic carbocycles. The molecule has 0 fully saturated rings. The van der Waals surface area contributed by atoms with Gasteiger partial charge in [0.25, 0.3) is 5.91 Å². The molecule has 0 bridgehead atoms. The van der Waals surface area contributed by atoms with E-state index in [2.05, 4.69) is 16.7 Å². The molecule has 1 aliphatic heterocycles. The van der Waals surface area contributed by atoms with E-state index in [1.54, 1.807) is 49.4 Å². The smallest absolute Gasteiger partial charge is 0.254 e. The van der Waals surface area contributed by atoms with Crippen molar-refractivity contribution in [1.82, 2.24) is 5.32 Å². The Morgan fingerprint density at radius 2 is 1.91 bits per heavy atom. The predicted molar refractivity (Wildman–Crippen MR) is 133 cm³/mol. The first kappa shape index (κ1) is 24.3. The second kappa shape index (κ2) is 10.6. The predicted octanol–water partition coefficient (Wildman–Crippen LogP) is 6.02. The minimum atomic E-state index is -0.837. The van der Waals surface area contributed by atoms with Gasteiger partial charge in [-0.25, -0.2) is 4.39 Å². The number of hydrogen-bond acceptors (Lipinski definition) is 6. The topological polar surface area (TPSA) is 95.1 Å². The van der Waals surface area contributed by atoms with Crippen molar-refractivity contribution in [3.05, 3.63) is 111 Å². The number of dihydropyridines is 1. The number of allylic oxidation sites excluding steroid dienone is 2. The fourth-order valence-electron chi connectivity index (χ4n) is 3.68. The summed E-state index contributed by atoms with van der Waals surface area (Å²) in [5.74, 6) is -1.69. The zero-order valence-electron chi connectivity index (χ0n) is 18.5. The lowest BCUT2D eigenvalue weighted by molar-refractivity contribution is -0.113. The van der Waals surface area contributed by atoms with Crippen molar-refractivity contribution in [3.63, 3.8) is 0 Å². The van der Waals surface area contributed by atoms with Gasteiger partial charge in [0.1, 0.15) is 11.6 Å². The molecular weight excluding hydrogens is 489 g/mol. The molecule has 0 saturated carbocycles. The quantitative estimate of drug-likeness (QED) is 0.379. The Balaban J connectivity index is 1.64. The number of anilines is 1. The average Bonchev–Trinajstić information content (AvgIpc) is 3.38. The Morgan fingerprint density at radius 1 is 1.17 bits per heavy atom. The number of nitrogens with one attached hydrogen (secondary N) is 2. The number of carbonyl (C=O) groups is 2. The summed E-state index contributed by atoms with van der Waals surface area (Å²) >= 11 is 7.05. The molecule has 9 heteroatoms. The van der Waals surface area contributed by atoms with E-state index in [0.717, 1.165) is 11.8 Å². The minimum Gasteiger partial charge on any atom is -0.468 e. The SMILES string of the molecule is CC1=C(C(=O)Nc2ccccc2F)[C@@H](c2ccco2)C(C#N)=C(SCC(=O)c2ccc(Cl)cc2)N1. The van der Waals surface area contributed by atoms with Crippen LogP contribution in [0.1, 0.15) is 29.0 Å². The van der Waals surface area contributed by atoms with Crippen LogP contribution in [0.4, 0.5) is 10.1 Å². The lowest BCUT2D eigenvalue weighted by Crippen LogP contribution is -2.31. The van der Waals surface area contributed by atoms with Crippen LogP contribution in [0.2, 0.25) is 5.02 Å². The summed E-state index contributed by atoms with van der Waals surface area (Å²) < 4.78 is 19.7. The molecule has 0 aliphatic carbocycles. The van der Waals surface area contributed by atoms with Crippen LogP contribution in [0.15, 0.2) is 93.2 Å². The highest BCUT2D eigenvalue weighted by molar-refractivity contribution is 8.03. The molecule has 1 aromatic heterocycles. The Labute approximate surface area is 210 Å². The monoisotopic (exact) mass is 507 g/mol. The van der Waals surface area contributed by atoms with Crippen LogP contribution in [-0.2, 0) is 4.79 Å². The van der Waals surface area contributed by atoms with Crippen LogP contribution in [0.3, 0.4) is 0 Å². The van der Waals surface area contributed by atoms with Gasteiger partial charge in [0.05, 0.1) is 45.9 Å². The van der Waals surface area contributed by atoms with E-state index < -0.39 is 17.6 Å². The van der Waals surface area contributed by atoms with E-state index in [-0.39, 0.29) is 28.4 Å². The van der Waals surface area contributed by atoms with Gasteiger partial charge in [-0.15, -0.1) is 0 Å². The van der Waals surface area contributed by atoms with Gasteiger partial charge in [-0.1, -0.05) is 35.5 Å². The van der Waals surface area contributed by atoms with Crippen LogP contribution in [-0.4, -0.2) is 17.4 Å². The lowest BCUT2D eigenvalue weighted by Gasteiger charge is -2.28. The second-order valence-corrected chi connectivity index (χ2v) is 9.04. The molecule has 1 amide bonds. The van der Waals surface area contributed by atoms with E-state index >= 15 is 0 Å². The molecular formula is C26H19ClFN3O3S. The Morgan fingerprint density at radius 3 is 2.57 bits per heavy atom. The molecule has 0 saturated heterocycles. The summed E-state index contributed by atoms with van der Waals surface area (Å²) in [5.41, 5.74) is 1.41. The van der Waals surface area contributed by atoms with Gasteiger partial charge in [0.2, 0.25) is 0 Å². The average molecular weight is 508 g/mol. The number of carbonyl (C=O) groups excluding carboxylic acids is 2. The fraction of sp³-hybridized carbons (Fsp3) is 0.115. The molecule has 0 unspecified atom stereocenters. The summed E-state index contributed by atoms with van der Waals surface area (Å²) in [5, 5.41) is 16.7. The molecule has 4 rings (SSSR count). The number of nitriles is 1. The number of nitrogens with zero attached hydrogens (tertiary/aromatic N) is 1. The summed E-state index contributed by atoms with van der Waals surface area (Å²) in [6.45, 7) is 1.68. The van der Waals surface area contributed by atoms with Gasteiger partial charge < -0.3 is 15.1 Å². The first-order chi connectivity index (χ1) is 16.9. The second-order valence-electron chi connectivity index (χ2n) is 7.62. The molecule has 1 aliphatic rings. The number of hydrogen-bond donors (Lipinski definition) is 2. The molecule has 35 heavy (non-hydrogen) atoms. The van der Waals surface area contributed by atoms with Gasteiger partial charge in [0, 0.05) is 16.3 Å². The maximum atomic E-state index is 14.2. The maximum absolute atomic E-state index is 14.2. The van der Waals surface area contributed by atoms with Crippen molar-refractivity contribution in [2.24, 2.45) is 0 Å². The first-order valence-corrected chi connectivity index (χ1v) is 11.9. The minimum absolute atomic E-state index is 0.0206. The Hall–Kier alpha value is -3.80. The molecule has 6 nitrogen and oxygen atoms in total. The third-order valence-electron chi connectivity index (χ3n) is 5.36. The molecule has 1 atom stereocenters. The molecule has 0 radical (unpaired) electrons. The van der Waals surface area contributed by atoms with Crippen LogP contribution >= 0.6 is 23.4 Å². The fourth-order valence-corrected chi connectivity index (χ4v) is 4.79. The van der Waals surface area contributed by atoms with Crippen LogP contribution in [0.5, 0.6) is 0 Å². The summed E-state index contributed by atoms with van der Waals surface area (Å²) in [4.78, 5) is 25.9. The Kier molecular flexibility index (Phi) is 7.39. The van der Waals surface area contributed by atoms with Crippen molar-refractivity contribution in [3.8, 4) is 6.07 Å². The lowest BCUT2D eigenvalue weighted by atomic mass is 9.85. The van der Waals surface area contributed by atoms with E-state index in [1.807, 2.05) is 0 Å². The zero-order chi connectivity index (χ0) is 24.9. The van der Waals surface area contributed by atoms with E-state index in [0.29, 0.717) is 27.1 Å². The number of thioether (sulfide) groups is 1. The first-order valence-electron chi connectivity index (χ1n) is 10.5. The zero-order valence-corrected chi connectivity index (χ0v) is 20.0. The highest BCUT2D eigenvalue weighted by atomic mass is 35.5. The summed E-state index contributed by atoms with van der Waals surface area (Å²) in [7, 11) is 0. The van der Waals surface area contributed by atoms with Crippen molar-refractivity contribution in [2.45, 2.75) is 12.8 Å². The van der Waals surface area contributed by atoms with Gasteiger partial charge in [0.15, 0.2) is 5.78 Å². The standard InChI is InChI=1S/C26H19ClFN3O3S/c1-15-23(25(33)31-20-6-3-2-5-19(20)28)24(22-7-4-12-34-22)18(13-29)26(30-15)35-14-21(32)16-8-10-17(27)11-9-16/h2-12,24,30H,14H2,1H3,(H,31,33)/t24-/m1/s1. The summed E-state index contributed by atoms with van der Waals surface area (Å²) in [6, 6.07) is 17.9. The number of halogens is 2. The third kappa shape index (κ3) is 5.32. The molecule has 176 valence electrons. The summed E-state index contributed by atoms with van der Waals surface area (Å²) in [6.07, 6.45) is 1.45. The normalized spacial score (nSPS) is 15.4. The van der Waals surface area contributed by atoms with E-state index in [9.17, 15) is 19.2 Å². The molecule has 0 spiro atoms. The number of benzene rings is 2. The number of ketones is 1. The van der Waals surface area contributed by atoms with Gasteiger partial charge >= 0.3 is 0 Å². The van der Waals surface area contributed by atoms with Crippen LogP contribution in [0.25, 0.3) is 0 Å².